The lowest BCUT2D eigenvalue weighted by Gasteiger charge is -2.00. The number of aliphatic hydroxyl groups excluding tert-OH is 1. The van der Waals surface area contributed by atoms with Crippen molar-refractivity contribution in [2.24, 2.45) is 10.2 Å². The molecule has 3 aromatic rings. The summed E-state index contributed by atoms with van der Waals surface area (Å²) in [5.41, 5.74) is 2.82. The van der Waals surface area contributed by atoms with Gasteiger partial charge in [0.05, 0.1) is 18.0 Å². The fraction of sp³-hybridized carbons (Fsp3) is 0.133. The van der Waals surface area contributed by atoms with E-state index in [0.29, 0.717) is 11.5 Å². The van der Waals surface area contributed by atoms with Crippen molar-refractivity contribution >= 4 is 17.2 Å². The largest absolute Gasteiger partial charge is 0.508 e. The highest BCUT2D eigenvalue weighted by Gasteiger charge is 2.08. The predicted octanol–water partition coefficient (Wildman–Crippen LogP) is 3.26. The summed E-state index contributed by atoms with van der Waals surface area (Å²) in [7, 11) is 0. The molecule has 2 heterocycles. The molecule has 6 heteroatoms. The second kappa shape index (κ2) is 5.34. The minimum absolute atomic E-state index is 0.0453. The van der Waals surface area contributed by atoms with Gasteiger partial charge in [0.25, 0.3) is 0 Å². The molecule has 0 fully saturated rings. The number of aromatic hydroxyl groups is 1. The van der Waals surface area contributed by atoms with Crippen molar-refractivity contribution < 1.29 is 10.2 Å². The van der Waals surface area contributed by atoms with Gasteiger partial charge < -0.3 is 10.2 Å². The van der Waals surface area contributed by atoms with Crippen LogP contribution >= 0.6 is 0 Å². The zero-order chi connectivity index (χ0) is 14.8. The zero-order valence-corrected chi connectivity index (χ0v) is 11.4. The highest BCUT2D eigenvalue weighted by atomic mass is 16.3. The Labute approximate surface area is 121 Å². The van der Waals surface area contributed by atoms with E-state index in [2.05, 4.69) is 15.2 Å². The number of benzene rings is 1. The Balaban J connectivity index is 2.05. The van der Waals surface area contributed by atoms with E-state index in [0.717, 1.165) is 16.9 Å². The van der Waals surface area contributed by atoms with Crippen LogP contribution in [0, 0.1) is 6.92 Å². The van der Waals surface area contributed by atoms with E-state index in [1.54, 1.807) is 28.8 Å². The topological polar surface area (TPSA) is 82.5 Å². The first-order valence-corrected chi connectivity index (χ1v) is 6.46. The van der Waals surface area contributed by atoms with Gasteiger partial charge in [-0.25, -0.2) is 4.98 Å². The average Bonchev–Trinajstić information content (AvgIpc) is 2.79. The van der Waals surface area contributed by atoms with Crippen LogP contribution in [-0.4, -0.2) is 19.6 Å². The third-order valence-electron chi connectivity index (χ3n) is 3.09. The van der Waals surface area contributed by atoms with E-state index in [1.165, 1.54) is 6.07 Å². The molecule has 0 aliphatic heterocycles. The number of aliphatic hydroxyl groups is 1. The van der Waals surface area contributed by atoms with Crippen molar-refractivity contribution in [2.45, 2.75) is 13.5 Å². The summed E-state index contributed by atoms with van der Waals surface area (Å²) in [5, 5.41) is 27.0. The lowest BCUT2D eigenvalue weighted by molar-refractivity contribution is 0.281. The summed E-state index contributed by atoms with van der Waals surface area (Å²) in [6, 6.07) is 10.2. The Kier molecular flexibility index (Phi) is 3.37. The van der Waals surface area contributed by atoms with Crippen LogP contribution in [0.5, 0.6) is 5.75 Å². The Morgan fingerprint density at radius 2 is 2.05 bits per heavy atom. The molecule has 3 rings (SSSR count). The van der Waals surface area contributed by atoms with Crippen LogP contribution in [0.4, 0.5) is 11.5 Å². The molecular formula is C15H14N4O2. The zero-order valence-electron chi connectivity index (χ0n) is 11.4. The number of rotatable bonds is 3. The number of fused-ring (bicyclic) bond motifs is 1. The SMILES string of the molecule is Cc1nc2ccc(CO)cn2c1N=Nc1cccc(O)c1. The van der Waals surface area contributed by atoms with Gasteiger partial charge in [0.2, 0.25) is 0 Å². The molecule has 0 saturated heterocycles. The van der Waals surface area contributed by atoms with Crippen molar-refractivity contribution in [3.05, 3.63) is 53.9 Å². The molecule has 106 valence electrons. The van der Waals surface area contributed by atoms with Gasteiger partial charge in [-0.3, -0.25) is 4.40 Å². The van der Waals surface area contributed by atoms with Crippen LogP contribution in [-0.2, 0) is 6.61 Å². The van der Waals surface area contributed by atoms with Crippen LogP contribution < -0.4 is 0 Å². The number of azo groups is 1. The second-order valence-electron chi connectivity index (χ2n) is 4.66. The summed E-state index contributed by atoms with van der Waals surface area (Å²) >= 11 is 0. The molecule has 0 amide bonds. The summed E-state index contributed by atoms with van der Waals surface area (Å²) in [4.78, 5) is 4.40. The maximum absolute atomic E-state index is 9.42. The van der Waals surface area contributed by atoms with Crippen LogP contribution in [0.15, 0.2) is 52.8 Å². The Bertz CT molecular complexity index is 824. The maximum Gasteiger partial charge on any atom is 0.182 e. The first-order valence-electron chi connectivity index (χ1n) is 6.46. The molecule has 0 saturated carbocycles. The number of phenolic OH excluding ortho intramolecular Hbond substituents is 1. The highest BCUT2D eigenvalue weighted by Crippen LogP contribution is 2.25. The number of hydrogen-bond donors (Lipinski definition) is 2. The van der Waals surface area contributed by atoms with E-state index in [4.69, 9.17) is 0 Å². The molecule has 2 aromatic heterocycles. The van der Waals surface area contributed by atoms with E-state index >= 15 is 0 Å². The first-order chi connectivity index (χ1) is 10.2. The monoisotopic (exact) mass is 282 g/mol. The normalized spacial score (nSPS) is 11.5. The molecular weight excluding hydrogens is 268 g/mol. The average molecular weight is 282 g/mol. The summed E-state index contributed by atoms with van der Waals surface area (Å²) in [5.74, 6) is 0.743. The third-order valence-corrected chi connectivity index (χ3v) is 3.09. The van der Waals surface area contributed by atoms with Gasteiger partial charge in [-0.05, 0) is 30.7 Å². The first kappa shape index (κ1) is 13.3. The maximum atomic E-state index is 9.42. The molecule has 0 unspecified atom stereocenters. The van der Waals surface area contributed by atoms with Crippen LogP contribution in [0.1, 0.15) is 11.3 Å². The standard InChI is InChI=1S/C15H14N4O2/c1-10-15(18-17-12-3-2-4-13(21)7-12)19-8-11(9-20)5-6-14(19)16-10/h2-8,20-21H,9H2,1H3. The summed E-state index contributed by atoms with van der Waals surface area (Å²) in [6.45, 7) is 1.80. The molecule has 21 heavy (non-hydrogen) atoms. The van der Waals surface area contributed by atoms with E-state index in [1.807, 2.05) is 19.1 Å². The van der Waals surface area contributed by atoms with Gasteiger partial charge in [0.15, 0.2) is 5.82 Å². The van der Waals surface area contributed by atoms with Crippen LogP contribution in [0.25, 0.3) is 5.65 Å². The fourth-order valence-electron chi connectivity index (χ4n) is 2.07. The molecule has 0 aliphatic rings. The van der Waals surface area contributed by atoms with Crippen molar-refractivity contribution in [3.63, 3.8) is 0 Å². The summed E-state index contributed by atoms with van der Waals surface area (Å²) in [6.07, 6.45) is 1.78. The van der Waals surface area contributed by atoms with Crippen LogP contribution in [0.2, 0.25) is 0 Å². The number of pyridine rings is 1. The molecule has 0 bridgehead atoms. The second-order valence-corrected chi connectivity index (χ2v) is 4.66. The minimum Gasteiger partial charge on any atom is -0.508 e. The molecule has 1 aromatic carbocycles. The van der Waals surface area contributed by atoms with Crippen molar-refractivity contribution in [2.75, 3.05) is 0 Å². The number of phenols is 1. The number of aromatic nitrogens is 2. The summed E-state index contributed by atoms with van der Waals surface area (Å²) < 4.78 is 1.78. The van der Waals surface area contributed by atoms with E-state index in [9.17, 15) is 10.2 Å². The van der Waals surface area contributed by atoms with Gasteiger partial charge in [-0.15, -0.1) is 10.2 Å². The number of hydrogen-bond acceptors (Lipinski definition) is 5. The van der Waals surface area contributed by atoms with Gasteiger partial charge >= 0.3 is 0 Å². The fourth-order valence-corrected chi connectivity index (χ4v) is 2.07. The number of nitrogens with zero attached hydrogens (tertiary/aromatic N) is 4. The van der Waals surface area contributed by atoms with Gasteiger partial charge in [0, 0.05) is 12.3 Å². The van der Waals surface area contributed by atoms with Crippen molar-refractivity contribution in [1.29, 1.82) is 0 Å². The Morgan fingerprint density at radius 3 is 2.81 bits per heavy atom. The van der Waals surface area contributed by atoms with E-state index < -0.39 is 0 Å². The van der Waals surface area contributed by atoms with E-state index in [-0.39, 0.29) is 12.4 Å². The third kappa shape index (κ3) is 2.61. The Morgan fingerprint density at radius 1 is 1.19 bits per heavy atom. The van der Waals surface area contributed by atoms with Crippen LogP contribution in [0.3, 0.4) is 0 Å². The molecule has 0 aliphatic carbocycles. The molecule has 0 spiro atoms. The molecule has 0 atom stereocenters. The van der Waals surface area contributed by atoms with Gasteiger partial charge in [-0.1, -0.05) is 12.1 Å². The smallest absolute Gasteiger partial charge is 0.182 e. The van der Waals surface area contributed by atoms with Crippen molar-refractivity contribution in [3.8, 4) is 5.75 Å². The predicted molar refractivity (Wildman–Crippen MR) is 78.1 cm³/mol. The quantitative estimate of drug-likeness (QED) is 0.723. The van der Waals surface area contributed by atoms with Gasteiger partial charge in [0.1, 0.15) is 11.4 Å². The van der Waals surface area contributed by atoms with Gasteiger partial charge in [-0.2, -0.15) is 0 Å². The Hall–Kier alpha value is -2.73. The number of aryl methyl sites for hydroxylation is 1. The number of imidazole rings is 1. The lowest BCUT2D eigenvalue weighted by Crippen LogP contribution is -1.89. The molecule has 0 radical (unpaired) electrons. The highest BCUT2D eigenvalue weighted by molar-refractivity contribution is 5.52. The van der Waals surface area contributed by atoms with Crippen molar-refractivity contribution in [1.82, 2.24) is 9.38 Å². The molecule has 2 N–H and O–H groups in total. The lowest BCUT2D eigenvalue weighted by atomic mass is 10.3. The minimum atomic E-state index is -0.0453. The molecule has 6 nitrogen and oxygen atoms in total.